The van der Waals surface area contributed by atoms with Gasteiger partial charge in [-0.25, -0.2) is 0 Å². The van der Waals surface area contributed by atoms with Crippen molar-refractivity contribution in [1.82, 2.24) is 14.9 Å². The minimum absolute atomic E-state index is 0.0272. The maximum atomic E-state index is 13.2. The number of ether oxygens (including phenoxy) is 1. The Hall–Kier alpha value is -3.91. The van der Waals surface area contributed by atoms with Crippen molar-refractivity contribution in [1.29, 1.82) is 0 Å². The number of nitrogens with one attached hydrogen (secondary N) is 1. The van der Waals surface area contributed by atoms with Gasteiger partial charge in [-0.2, -0.15) is 0 Å². The zero-order valence-corrected chi connectivity index (χ0v) is 18.6. The molecule has 1 aliphatic heterocycles. The number of rotatable bonds is 7. The fourth-order valence-electron chi connectivity index (χ4n) is 3.91. The number of fused-ring (bicyclic) bond motifs is 1. The van der Waals surface area contributed by atoms with Crippen molar-refractivity contribution in [2.75, 3.05) is 39.0 Å². The zero-order chi connectivity index (χ0) is 23.4. The van der Waals surface area contributed by atoms with Crippen LogP contribution in [0.5, 0.6) is 0 Å². The normalized spacial score (nSPS) is 13.2. The number of amides is 2. The molecule has 0 aliphatic carbocycles. The summed E-state index contributed by atoms with van der Waals surface area (Å²) in [6.45, 7) is 1.12. The molecule has 1 aliphatic rings. The van der Waals surface area contributed by atoms with Crippen LogP contribution in [0.3, 0.4) is 0 Å². The van der Waals surface area contributed by atoms with E-state index in [1.54, 1.807) is 28.7 Å². The van der Waals surface area contributed by atoms with Crippen LogP contribution in [-0.4, -0.2) is 55.4 Å². The van der Waals surface area contributed by atoms with Gasteiger partial charge in [0.2, 0.25) is 0 Å². The summed E-state index contributed by atoms with van der Waals surface area (Å²) in [4.78, 5) is 40.5. The molecule has 4 rings (SSSR count). The van der Waals surface area contributed by atoms with E-state index < -0.39 is 17.4 Å². The lowest BCUT2D eigenvalue weighted by molar-refractivity contribution is 0.0634. The van der Waals surface area contributed by atoms with E-state index in [2.05, 4.69) is 5.32 Å². The SMILES string of the molecule is COCCN1CN(C)n2cc(C(=O)NC(c3ccccc3)c3ccccc3)c(=O)cc2C1=O. The summed E-state index contributed by atoms with van der Waals surface area (Å²) in [6.07, 6.45) is 1.44. The number of carbonyl (C=O) groups is 2. The summed E-state index contributed by atoms with van der Waals surface area (Å²) in [5.74, 6) is -0.781. The Morgan fingerprint density at radius 1 is 1.03 bits per heavy atom. The number of methoxy groups -OCH3 is 1. The molecule has 2 amide bonds. The molecule has 0 spiro atoms. The molecular formula is C25H26N4O4. The van der Waals surface area contributed by atoms with Crippen LogP contribution in [0.15, 0.2) is 77.7 Å². The molecule has 1 N–H and O–H groups in total. The molecule has 0 radical (unpaired) electrons. The third-order valence-electron chi connectivity index (χ3n) is 5.63. The fourth-order valence-corrected chi connectivity index (χ4v) is 3.91. The second-order valence-corrected chi connectivity index (χ2v) is 7.87. The number of aromatic nitrogens is 1. The van der Waals surface area contributed by atoms with Crippen LogP contribution in [0, 0.1) is 0 Å². The van der Waals surface area contributed by atoms with Crippen molar-refractivity contribution in [3.8, 4) is 0 Å². The van der Waals surface area contributed by atoms with Crippen molar-refractivity contribution < 1.29 is 14.3 Å². The van der Waals surface area contributed by atoms with Gasteiger partial charge in [-0.3, -0.25) is 24.1 Å². The van der Waals surface area contributed by atoms with Gasteiger partial charge >= 0.3 is 0 Å². The molecule has 33 heavy (non-hydrogen) atoms. The summed E-state index contributed by atoms with van der Waals surface area (Å²) in [5, 5.41) is 4.77. The summed E-state index contributed by atoms with van der Waals surface area (Å²) in [5.41, 5.74) is 1.48. The average Bonchev–Trinajstić information content (AvgIpc) is 2.84. The molecule has 0 atom stereocenters. The van der Waals surface area contributed by atoms with E-state index in [4.69, 9.17) is 4.74 Å². The molecule has 0 saturated heterocycles. The lowest BCUT2D eigenvalue weighted by atomic mass is 9.98. The molecule has 8 nitrogen and oxygen atoms in total. The van der Waals surface area contributed by atoms with Gasteiger partial charge in [0.05, 0.1) is 12.6 Å². The number of benzene rings is 2. The molecule has 0 bridgehead atoms. The number of nitrogens with zero attached hydrogens (tertiary/aromatic N) is 3. The van der Waals surface area contributed by atoms with Crippen molar-refractivity contribution in [2.45, 2.75) is 6.04 Å². The summed E-state index contributed by atoms with van der Waals surface area (Å²) in [6, 6.07) is 20.0. The predicted octanol–water partition coefficient (Wildman–Crippen LogP) is 2.00. The van der Waals surface area contributed by atoms with E-state index in [9.17, 15) is 14.4 Å². The van der Waals surface area contributed by atoms with E-state index in [-0.39, 0.29) is 17.2 Å². The highest BCUT2D eigenvalue weighted by molar-refractivity contribution is 5.97. The van der Waals surface area contributed by atoms with Crippen LogP contribution in [-0.2, 0) is 4.74 Å². The van der Waals surface area contributed by atoms with Gasteiger partial charge in [0.1, 0.15) is 17.9 Å². The van der Waals surface area contributed by atoms with E-state index in [0.29, 0.717) is 19.8 Å². The van der Waals surface area contributed by atoms with Crippen LogP contribution in [0.4, 0.5) is 0 Å². The maximum absolute atomic E-state index is 13.2. The maximum Gasteiger partial charge on any atom is 0.274 e. The molecular weight excluding hydrogens is 420 g/mol. The van der Waals surface area contributed by atoms with Gasteiger partial charge < -0.3 is 15.0 Å². The first-order valence-electron chi connectivity index (χ1n) is 10.7. The highest BCUT2D eigenvalue weighted by Gasteiger charge is 2.29. The van der Waals surface area contributed by atoms with Crippen LogP contribution in [0.2, 0.25) is 0 Å². The second kappa shape index (κ2) is 9.70. The van der Waals surface area contributed by atoms with Crippen LogP contribution >= 0.6 is 0 Å². The Bertz CT molecular complexity index is 1150. The number of hydrogen-bond acceptors (Lipinski definition) is 5. The van der Waals surface area contributed by atoms with Crippen molar-refractivity contribution in [3.63, 3.8) is 0 Å². The van der Waals surface area contributed by atoms with Crippen LogP contribution in [0.1, 0.15) is 38.0 Å². The second-order valence-electron chi connectivity index (χ2n) is 7.87. The smallest absolute Gasteiger partial charge is 0.274 e. The van der Waals surface area contributed by atoms with Gasteiger partial charge in [-0.05, 0) is 11.1 Å². The molecule has 3 aromatic rings. The third kappa shape index (κ3) is 4.65. The Morgan fingerprint density at radius 3 is 2.21 bits per heavy atom. The largest absolute Gasteiger partial charge is 0.383 e. The van der Waals surface area contributed by atoms with Gasteiger partial charge in [0, 0.05) is 33.0 Å². The van der Waals surface area contributed by atoms with Crippen molar-refractivity contribution >= 4 is 11.8 Å². The molecule has 2 aromatic carbocycles. The third-order valence-corrected chi connectivity index (χ3v) is 5.63. The first kappa shape index (κ1) is 22.3. The van der Waals surface area contributed by atoms with Crippen molar-refractivity contribution in [2.24, 2.45) is 0 Å². The lowest BCUT2D eigenvalue weighted by Gasteiger charge is -2.37. The number of carbonyl (C=O) groups excluding carboxylic acids is 2. The molecule has 2 heterocycles. The predicted molar refractivity (Wildman–Crippen MR) is 125 cm³/mol. The quantitative estimate of drug-likeness (QED) is 0.600. The first-order valence-corrected chi connectivity index (χ1v) is 10.7. The van der Waals surface area contributed by atoms with Gasteiger partial charge in [-0.15, -0.1) is 0 Å². The summed E-state index contributed by atoms with van der Waals surface area (Å²) in [7, 11) is 3.36. The number of hydrogen-bond donors (Lipinski definition) is 1. The minimum atomic E-state index is -0.506. The average molecular weight is 447 g/mol. The van der Waals surface area contributed by atoms with Gasteiger partial charge in [0.15, 0.2) is 5.43 Å². The molecule has 0 saturated carbocycles. The van der Waals surface area contributed by atoms with Gasteiger partial charge in [-0.1, -0.05) is 60.7 Å². The van der Waals surface area contributed by atoms with E-state index in [0.717, 1.165) is 11.1 Å². The number of pyridine rings is 1. The molecule has 170 valence electrons. The summed E-state index contributed by atoms with van der Waals surface area (Å²) >= 11 is 0. The monoisotopic (exact) mass is 446 g/mol. The Balaban J connectivity index is 1.65. The standard InChI is InChI=1S/C25H26N4O4/c1-27-17-28(13-14-33-2)25(32)21-15-22(30)20(16-29(21)27)24(31)26-23(18-9-5-3-6-10-18)19-11-7-4-8-12-19/h3-12,15-16,23H,13-14,17H2,1-2H3,(H,26,31). The first-order chi connectivity index (χ1) is 16.0. The Morgan fingerprint density at radius 2 is 1.64 bits per heavy atom. The highest BCUT2D eigenvalue weighted by Crippen LogP contribution is 2.22. The molecule has 0 fully saturated rings. The van der Waals surface area contributed by atoms with E-state index in [1.165, 1.54) is 12.3 Å². The van der Waals surface area contributed by atoms with Crippen molar-refractivity contribution in [3.05, 3.63) is 106 Å². The topological polar surface area (TPSA) is 83.9 Å². The molecule has 0 unspecified atom stereocenters. The lowest BCUT2D eigenvalue weighted by Crippen LogP contribution is -2.53. The van der Waals surface area contributed by atoms with E-state index in [1.807, 2.05) is 60.7 Å². The summed E-state index contributed by atoms with van der Waals surface area (Å²) < 4.78 is 6.62. The molecule has 1 aromatic heterocycles. The Labute approximate surface area is 192 Å². The molecule has 8 heteroatoms. The Kier molecular flexibility index (Phi) is 6.55. The minimum Gasteiger partial charge on any atom is -0.383 e. The van der Waals surface area contributed by atoms with Crippen LogP contribution < -0.4 is 15.8 Å². The zero-order valence-electron chi connectivity index (χ0n) is 18.6. The fraction of sp³-hybridized carbons (Fsp3) is 0.240. The highest BCUT2D eigenvalue weighted by atomic mass is 16.5. The van der Waals surface area contributed by atoms with Crippen LogP contribution in [0.25, 0.3) is 0 Å². The van der Waals surface area contributed by atoms with Gasteiger partial charge in [0.25, 0.3) is 11.8 Å². The van der Waals surface area contributed by atoms with E-state index >= 15 is 0 Å².